The van der Waals surface area contributed by atoms with Crippen molar-refractivity contribution in [3.8, 4) is 5.75 Å². The number of hydrogen-bond acceptors (Lipinski definition) is 6. The fourth-order valence-electron chi connectivity index (χ4n) is 1.95. The molecule has 2 aromatic rings. The average Bonchev–Trinajstić information content (AvgIpc) is 2.57. The van der Waals surface area contributed by atoms with Gasteiger partial charge in [-0.15, -0.1) is 0 Å². The molecule has 1 heterocycles. The van der Waals surface area contributed by atoms with E-state index in [1.807, 2.05) is 0 Å². The van der Waals surface area contributed by atoms with Crippen molar-refractivity contribution in [2.45, 2.75) is 6.92 Å². The minimum absolute atomic E-state index is 0.309. The number of benzene rings is 1. The van der Waals surface area contributed by atoms with Crippen LogP contribution in [0.4, 0.5) is 11.4 Å². The highest BCUT2D eigenvalue weighted by Crippen LogP contribution is 2.27. The van der Waals surface area contributed by atoms with Gasteiger partial charge in [0.05, 0.1) is 30.8 Å². The van der Waals surface area contributed by atoms with Crippen molar-refractivity contribution < 1.29 is 14.3 Å². The van der Waals surface area contributed by atoms with Crippen LogP contribution in [-0.4, -0.2) is 24.7 Å². The minimum Gasteiger partial charge on any atom is -0.497 e. The van der Waals surface area contributed by atoms with E-state index < -0.39 is 5.97 Å². The second kappa shape index (κ2) is 7.84. The topological polar surface area (TPSA) is 86.5 Å². The summed E-state index contributed by atoms with van der Waals surface area (Å²) in [6, 6.07) is 8.86. The molecule has 0 fully saturated rings. The summed E-state index contributed by atoms with van der Waals surface area (Å²) in [5, 5.41) is 3.16. The van der Waals surface area contributed by atoms with Crippen molar-refractivity contribution in [2.75, 3.05) is 24.8 Å². The van der Waals surface area contributed by atoms with Gasteiger partial charge in [-0.25, -0.2) is 4.79 Å². The summed E-state index contributed by atoms with van der Waals surface area (Å²) in [5.41, 5.74) is 8.55. The summed E-state index contributed by atoms with van der Waals surface area (Å²) >= 11 is 0. The molecule has 120 valence electrons. The van der Waals surface area contributed by atoms with Crippen LogP contribution < -0.4 is 15.8 Å². The van der Waals surface area contributed by atoms with Gasteiger partial charge in [-0.1, -0.05) is 0 Å². The van der Waals surface area contributed by atoms with Gasteiger partial charge in [-0.2, -0.15) is 0 Å². The van der Waals surface area contributed by atoms with E-state index in [4.69, 9.17) is 15.2 Å². The number of carbonyl (C=O) groups excluding carboxylic acids is 1. The highest BCUT2D eigenvalue weighted by molar-refractivity contribution is 5.95. The SMILES string of the molecule is CCOC(=O)/C=C(/Nc1ccc(OC)cc1N)c1ccncc1. The van der Waals surface area contributed by atoms with Crippen LogP contribution in [-0.2, 0) is 9.53 Å². The summed E-state index contributed by atoms with van der Waals surface area (Å²) in [7, 11) is 1.57. The zero-order valence-corrected chi connectivity index (χ0v) is 13.1. The summed E-state index contributed by atoms with van der Waals surface area (Å²) in [5.74, 6) is 0.228. The van der Waals surface area contributed by atoms with Crippen molar-refractivity contribution in [1.82, 2.24) is 4.98 Å². The van der Waals surface area contributed by atoms with E-state index in [-0.39, 0.29) is 0 Å². The lowest BCUT2D eigenvalue weighted by atomic mass is 10.1. The minimum atomic E-state index is -0.432. The fourth-order valence-corrected chi connectivity index (χ4v) is 1.95. The number of hydrogen-bond donors (Lipinski definition) is 2. The monoisotopic (exact) mass is 313 g/mol. The molecular weight excluding hydrogens is 294 g/mol. The quantitative estimate of drug-likeness (QED) is 0.484. The lowest BCUT2D eigenvalue weighted by molar-refractivity contribution is -0.137. The molecule has 0 aliphatic carbocycles. The molecular formula is C17H19N3O3. The van der Waals surface area contributed by atoms with Crippen molar-refractivity contribution in [3.63, 3.8) is 0 Å². The Morgan fingerprint density at radius 3 is 2.65 bits per heavy atom. The van der Waals surface area contributed by atoms with Crippen molar-refractivity contribution in [1.29, 1.82) is 0 Å². The lowest BCUT2D eigenvalue weighted by Gasteiger charge is -2.14. The van der Waals surface area contributed by atoms with E-state index in [0.717, 1.165) is 5.56 Å². The molecule has 0 amide bonds. The van der Waals surface area contributed by atoms with Crippen LogP contribution in [0.25, 0.3) is 5.70 Å². The standard InChI is InChI=1S/C17H19N3O3/c1-3-23-17(21)11-16(12-6-8-19-9-7-12)20-15-5-4-13(22-2)10-14(15)18/h4-11,20H,3,18H2,1-2H3/b16-11+. The molecule has 0 radical (unpaired) electrons. The molecule has 6 nitrogen and oxygen atoms in total. The Morgan fingerprint density at radius 2 is 2.04 bits per heavy atom. The number of nitrogens with zero attached hydrogens (tertiary/aromatic N) is 1. The summed E-state index contributed by atoms with van der Waals surface area (Å²) in [4.78, 5) is 15.8. The third-order valence-corrected chi connectivity index (χ3v) is 3.07. The first-order valence-electron chi connectivity index (χ1n) is 7.13. The number of aromatic nitrogens is 1. The fraction of sp³-hybridized carbons (Fsp3) is 0.176. The van der Waals surface area contributed by atoms with Crippen molar-refractivity contribution in [2.24, 2.45) is 0 Å². The number of esters is 1. The van der Waals surface area contributed by atoms with E-state index in [2.05, 4.69) is 10.3 Å². The number of anilines is 2. The third-order valence-electron chi connectivity index (χ3n) is 3.07. The maximum Gasteiger partial charge on any atom is 0.332 e. The van der Waals surface area contributed by atoms with Crippen LogP contribution in [0.2, 0.25) is 0 Å². The summed E-state index contributed by atoms with van der Waals surface area (Å²) in [6.45, 7) is 2.07. The Kier molecular flexibility index (Phi) is 5.57. The second-order valence-electron chi connectivity index (χ2n) is 4.62. The zero-order chi connectivity index (χ0) is 16.7. The van der Waals surface area contributed by atoms with Gasteiger partial charge in [0.2, 0.25) is 0 Å². The Bertz CT molecular complexity index is 699. The molecule has 0 aliphatic rings. The first kappa shape index (κ1) is 16.4. The predicted octanol–water partition coefficient (Wildman–Crippen LogP) is 2.69. The van der Waals surface area contributed by atoms with Gasteiger partial charge < -0.3 is 20.5 Å². The number of pyridine rings is 1. The molecule has 23 heavy (non-hydrogen) atoms. The van der Waals surface area contributed by atoms with Crippen LogP contribution >= 0.6 is 0 Å². The van der Waals surface area contributed by atoms with Gasteiger partial charge >= 0.3 is 5.97 Å². The van der Waals surface area contributed by atoms with E-state index in [1.54, 1.807) is 56.8 Å². The van der Waals surface area contributed by atoms with Gasteiger partial charge in [-0.3, -0.25) is 4.98 Å². The molecule has 0 saturated carbocycles. The Hall–Kier alpha value is -3.02. The molecule has 3 N–H and O–H groups in total. The molecule has 0 atom stereocenters. The summed E-state index contributed by atoms with van der Waals surface area (Å²) in [6.07, 6.45) is 4.68. The van der Waals surface area contributed by atoms with E-state index in [1.165, 1.54) is 6.08 Å². The van der Waals surface area contributed by atoms with Gasteiger partial charge in [-0.05, 0) is 31.2 Å². The van der Waals surface area contributed by atoms with E-state index in [0.29, 0.717) is 29.4 Å². The zero-order valence-electron chi connectivity index (χ0n) is 13.1. The number of rotatable bonds is 6. The molecule has 1 aromatic carbocycles. The molecule has 0 unspecified atom stereocenters. The molecule has 1 aromatic heterocycles. The van der Waals surface area contributed by atoms with Crippen LogP contribution in [0.5, 0.6) is 5.75 Å². The molecule has 0 aliphatic heterocycles. The maximum atomic E-state index is 11.8. The highest BCUT2D eigenvalue weighted by atomic mass is 16.5. The molecule has 2 rings (SSSR count). The number of ether oxygens (including phenoxy) is 2. The highest BCUT2D eigenvalue weighted by Gasteiger charge is 2.09. The van der Waals surface area contributed by atoms with Crippen LogP contribution in [0.1, 0.15) is 12.5 Å². The normalized spacial score (nSPS) is 11.0. The maximum absolute atomic E-state index is 11.8. The summed E-state index contributed by atoms with van der Waals surface area (Å²) < 4.78 is 10.1. The number of nitrogens with one attached hydrogen (secondary N) is 1. The number of carbonyl (C=O) groups is 1. The molecule has 0 spiro atoms. The Labute approximate surface area is 134 Å². The first-order valence-corrected chi connectivity index (χ1v) is 7.13. The van der Waals surface area contributed by atoms with Gasteiger partial charge in [0.25, 0.3) is 0 Å². The predicted molar refractivity (Wildman–Crippen MR) is 89.9 cm³/mol. The Balaban J connectivity index is 2.33. The van der Waals surface area contributed by atoms with Crippen molar-refractivity contribution in [3.05, 3.63) is 54.4 Å². The van der Waals surface area contributed by atoms with Crippen molar-refractivity contribution >= 4 is 23.0 Å². The van der Waals surface area contributed by atoms with E-state index >= 15 is 0 Å². The average molecular weight is 313 g/mol. The number of methoxy groups -OCH3 is 1. The third kappa shape index (κ3) is 4.47. The van der Waals surface area contributed by atoms with Gasteiger partial charge in [0.15, 0.2) is 0 Å². The largest absolute Gasteiger partial charge is 0.497 e. The molecule has 0 saturated heterocycles. The van der Waals surface area contributed by atoms with Crippen LogP contribution in [0, 0.1) is 0 Å². The lowest BCUT2D eigenvalue weighted by Crippen LogP contribution is -2.07. The van der Waals surface area contributed by atoms with Crippen LogP contribution in [0.15, 0.2) is 48.8 Å². The van der Waals surface area contributed by atoms with Gasteiger partial charge in [0.1, 0.15) is 5.75 Å². The van der Waals surface area contributed by atoms with Crippen LogP contribution in [0.3, 0.4) is 0 Å². The van der Waals surface area contributed by atoms with E-state index in [9.17, 15) is 4.79 Å². The number of nitrogens with two attached hydrogens (primary N) is 1. The Morgan fingerprint density at radius 1 is 1.30 bits per heavy atom. The van der Waals surface area contributed by atoms with Gasteiger partial charge in [0, 0.05) is 30.1 Å². The first-order chi connectivity index (χ1) is 11.1. The molecule has 0 bridgehead atoms. The smallest absolute Gasteiger partial charge is 0.332 e. The molecule has 6 heteroatoms. The number of nitrogen functional groups attached to an aromatic ring is 1. The second-order valence-corrected chi connectivity index (χ2v) is 4.62.